The smallest absolute Gasteiger partial charge is 0.155 e. The highest BCUT2D eigenvalue weighted by Crippen LogP contribution is 2.32. The Morgan fingerprint density at radius 1 is 0.430 bits per heavy atom. The largest absolute Gasteiger partial charge is 0.497 e. The zero-order chi connectivity index (χ0) is 63.6. The summed E-state index contributed by atoms with van der Waals surface area (Å²) >= 11 is 6.40. The van der Waals surface area contributed by atoms with E-state index in [1.165, 1.54) is 0 Å². The summed E-state index contributed by atoms with van der Waals surface area (Å²) < 4.78 is 55.1. The van der Waals surface area contributed by atoms with Crippen LogP contribution in [0.15, 0.2) is 85.2 Å². The Hall–Kier alpha value is -5.78. The molecule has 6 aromatic rings. The molecule has 0 saturated carbocycles. The first-order valence-electron chi connectivity index (χ1n) is 29.4. The molecule has 3 heterocycles. The SMILES string of the molecule is COc1ccc(CCc2cc(C(C)(C)CO)cnn2)c(OC)c1.COc1ccc(CCc2cc(C(C)(C)COCOCC[Si](C)(C)C)c(Cl)nn2)c(OC)c1.COc1ccc(CCc2cc(C(C)(C)COCOCC[Si](C)(C)C)cnn2)c(OC)c1. The van der Waals surface area contributed by atoms with Crippen LogP contribution in [0, 0.1) is 0 Å². The monoisotopic (exact) mass is 1240 g/mol. The lowest BCUT2D eigenvalue weighted by molar-refractivity contribution is -0.0624. The molecule has 474 valence electrons. The van der Waals surface area contributed by atoms with E-state index in [1.807, 2.05) is 86.8 Å². The van der Waals surface area contributed by atoms with Gasteiger partial charge in [-0.15, -0.1) is 5.10 Å². The van der Waals surface area contributed by atoms with Crippen molar-refractivity contribution in [2.75, 3.05) is 89.3 Å². The summed E-state index contributed by atoms with van der Waals surface area (Å²) in [4.78, 5) is 0. The maximum atomic E-state index is 9.49. The van der Waals surface area contributed by atoms with Crippen LogP contribution in [0.2, 0.25) is 56.5 Å². The summed E-state index contributed by atoms with van der Waals surface area (Å²) in [6.45, 7) is 29.8. The van der Waals surface area contributed by atoms with Gasteiger partial charge in [0.05, 0.1) is 92.0 Å². The van der Waals surface area contributed by atoms with Gasteiger partial charge in [0.2, 0.25) is 0 Å². The number of aryl methyl sites for hydroxylation is 6. The van der Waals surface area contributed by atoms with Crippen molar-refractivity contribution in [3.05, 3.63) is 141 Å². The Morgan fingerprint density at radius 2 is 0.802 bits per heavy atom. The number of benzene rings is 3. The number of aliphatic hydroxyl groups is 1. The number of halogens is 1. The molecular formula is C66H99ClN6O11Si2. The predicted molar refractivity (Wildman–Crippen MR) is 348 cm³/mol. The molecule has 0 amide bonds. The van der Waals surface area contributed by atoms with Gasteiger partial charge in [-0.2, -0.15) is 25.5 Å². The molecule has 3 aromatic carbocycles. The molecule has 0 fully saturated rings. The molecule has 0 aliphatic heterocycles. The van der Waals surface area contributed by atoms with E-state index in [1.54, 1.807) is 48.9 Å². The molecule has 20 heteroatoms. The van der Waals surface area contributed by atoms with Crippen molar-refractivity contribution in [3.8, 4) is 34.5 Å². The van der Waals surface area contributed by atoms with Crippen LogP contribution >= 0.6 is 11.6 Å². The van der Waals surface area contributed by atoms with Crippen LogP contribution in [-0.2, 0) is 73.7 Å². The van der Waals surface area contributed by atoms with E-state index in [9.17, 15) is 5.11 Å². The van der Waals surface area contributed by atoms with Gasteiger partial charge in [-0.3, -0.25) is 0 Å². The Balaban J connectivity index is 0.000000280. The van der Waals surface area contributed by atoms with Gasteiger partial charge < -0.3 is 52.5 Å². The fourth-order valence-corrected chi connectivity index (χ4v) is 10.5. The molecule has 3 aromatic heterocycles. The minimum Gasteiger partial charge on any atom is -0.497 e. The van der Waals surface area contributed by atoms with E-state index in [0.29, 0.717) is 25.2 Å². The fraction of sp³-hybridized carbons (Fsp3) is 0.545. The van der Waals surface area contributed by atoms with Crippen molar-refractivity contribution in [1.82, 2.24) is 30.6 Å². The van der Waals surface area contributed by atoms with Crippen LogP contribution in [0.25, 0.3) is 0 Å². The number of aliphatic hydroxyl groups excluding tert-OH is 1. The van der Waals surface area contributed by atoms with E-state index < -0.39 is 16.1 Å². The lowest BCUT2D eigenvalue weighted by atomic mass is 9.86. The second kappa shape index (κ2) is 35.3. The molecule has 0 radical (unpaired) electrons. The maximum absolute atomic E-state index is 9.49. The van der Waals surface area contributed by atoms with Gasteiger partial charge in [0, 0.05) is 69.4 Å². The van der Waals surface area contributed by atoms with Crippen LogP contribution in [0.5, 0.6) is 34.5 Å². The lowest BCUT2D eigenvalue weighted by Crippen LogP contribution is -2.27. The van der Waals surface area contributed by atoms with Crippen LogP contribution in [0.4, 0.5) is 0 Å². The number of hydrogen-bond donors (Lipinski definition) is 1. The zero-order valence-corrected chi connectivity index (χ0v) is 57.5. The third-order valence-electron chi connectivity index (χ3n) is 14.6. The van der Waals surface area contributed by atoms with E-state index >= 15 is 0 Å². The minimum atomic E-state index is -1.09. The predicted octanol–water partition coefficient (Wildman–Crippen LogP) is 13.0. The fourth-order valence-electron chi connectivity index (χ4n) is 8.62. The molecule has 0 bridgehead atoms. The Bertz CT molecular complexity index is 2980. The Morgan fingerprint density at radius 3 is 1.16 bits per heavy atom. The van der Waals surface area contributed by atoms with Crippen LogP contribution in [0.3, 0.4) is 0 Å². The first-order chi connectivity index (χ1) is 40.7. The number of hydrogen-bond acceptors (Lipinski definition) is 17. The van der Waals surface area contributed by atoms with Crippen molar-refractivity contribution in [1.29, 1.82) is 0 Å². The van der Waals surface area contributed by atoms with E-state index in [-0.39, 0.29) is 29.6 Å². The van der Waals surface area contributed by atoms with Crippen molar-refractivity contribution in [2.45, 2.75) is 148 Å². The second-order valence-corrected chi connectivity index (χ2v) is 37.2. The van der Waals surface area contributed by atoms with Crippen LogP contribution in [0.1, 0.15) is 92.0 Å². The van der Waals surface area contributed by atoms with Gasteiger partial charge in [-0.1, -0.05) is 111 Å². The number of ether oxygens (including phenoxy) is 10. The minimum absolute atomic E-state index is 0.0738. The molecule has 0 aliphatic carbocycles. The van der Waals surface area contributed by atoms with Gasteiger partial charge in [-0.25, -0.2) is 0 Å². The summed E-state index contributed by atoms with van der Waals surface area (Å²) in [7, 11) is 7.77. The van der Waals surface area contributed by atoms with Crippen molar-refractivity contribution in [3.63, 3.8) is 0 Å². The highest BCUT2D eigenvalue weighted by atomic mass is 35.5. The molecular weight excluding hydrogens is 1140 g/mol. The summed E-state index contributed by atoms with van der Waals surface area (Å²) in [5, 5.41) is 35.2. The standard InChI is InChI=1S/C24H37ClN2O4Si.C24H38N2O4Si.C18H24N2O3/c1-24(2,16-31-17-30-12-13-32(5,6)7)21-14-19(26-27-23(21)25)10-8-18-9-11-20(28-3)15-22(18)29-4;1-24(2,17-30-18-29-12-13-31(5,6)7)20-14-21(26-25-16-20)10-8-19-9-11-22(27-3)15-23(19)28-4;1-18(2,12-21)14-9-15(20-19-11-14)7-5-13-6-8-16(22-3)10-17(13)23-4/h9,11,14-15H,8,10,12-13,16-17H2,1-7H3;9,11,14-16H,8,10,12-13,17-18H2,1-7H3;6,8-11,21H,5,7,12H2,1-4H3. The molecule has 86 heavy (non-hydrogen) atoms. The van der Waals surface area contributed by atoms with Gasteiger partial charge >= 0.3 is 0 Å². The van der Waals surface area contributed by atoms with Crippen LogP contribution < -0.4 is 28.4 Å². The highest BCUT2D eigenvalue weighted by molar-refractivity contribution is 6.76. The second-order valence-electron chi connectivity index (χ2n) is 25.6. The molecule has 6 rings (SSSR count). The zero-order valence-electron chi connectivity index (χ0n) is 54.8. The van der Waals surface area contributed by atoms with Gasteiger partial charge in [0.15, 0.2) is 5.15 Å². The molecule has 1 N–H and O–H groups in total. The molecule has 0 unspecified atom stereocenters. The highest BCUT2D eigenvalue weighted by Gasteiger charge is 2.27. The summed E-state index contributed by atoms with van der Waals surface area (Å²) in [6.07, 6.45) is 8.17. The third-order valence-corrected chi connectivity index (χ3v) is 18.3. The molecule has 0 aliphatic rings. The van der Waals surface area contributed by atoms with Gasteiger partial charge in [-0.05, 0) is 115 Å². The number of methoxy groups -OCH3 is 6. The Labute approximate surface area is 520 Å². The summed E-state index contributed by atoms with van der Waals surface area (Å²) in [6, 6.07) is 26.0. The van der Waals surface area contributed by atoms with Gasteiger partial charge in [0.25, 0.3) is 0 Å². The van der Waals surface area contributed by atoms with Crippen molar-refractivity contribution < 1.29 is 52.5 Å². The first-order valence-corrected chi connectivity index (χ1v) is 37.2. The number of aromatic nitrogens is 6. The molecule has 0 saturated heterocycles. The quantitative estimate of drug-likeness (QED) is 0.0232. The third kappa shape index (κ3) is 25.1. The Kier molecular flexibility index (Phi) is 29.8. The topological polar surface area (TPSA) is 190 Å². The average molecular weight is 1240 g/mol. The molecule has 0 spiro atoms. The number of nitrogens with zero attached hydrogens (tertiary/aromatic N) is 6. The average Bonchev–Trinajstić information content (AvgIpc) is 3.57. The van der Waals surface area contributed by atoms with Crippen molar-refractivity contribution >= 4 is 27.7 Å². The lowest BCUT2D eigenvalue weighted by Gasteiger charge is -2.26. The number of rotatable bonds is 33. The van der Waals surface area contributed by atoms with Crippen LogP contribution in [-0.4, -0.2) is 141 Å². The van der Waals surface area contributed by atoms with Gasteiger partial charge in [0.1, 0.15) is 48.1 Å². The maximum Gasteiger partial charge on any atom is 0.155 e. The molecule has 17 nitrogen and oxygen atoms in total. The van der Waals surface area contributed by atoms with E-state index in [4.69, 9.17) is 59.0 Å². The van der Waals surface area contributed by atoms with Crippen molar-refractivity contribution in [2.24, 2.45) is 0 Å². The summed E-state index contributed by atoms with van der Waals surface area (Å²) in [5.41, 5.74) is 8.26. The molecule has 0 atom stereocenters. The van der Waals surface area contributed by atoms with E-state index in [2.05, 4.69) is 104 Å². The van der Waals surface area contributed by atoms with E-state index in [0.717, 1.165) is 149 Å². The normalized spacial score (nSPS) is 11.9. The summed E-state index contributed by atoms with van der Waals surface area (Å²) in [5.74, 6) is 4.76. The first kappa shape index (κ1) is 72.7.